The molecule has 4 heterocycles. The molecule has 4 N–H and O–H groups in total. The molecule has 3 aromatic heterocycles. The van der Waals surface area contributed by atoms with Crippen molar-refractivity contribution in [2.45, 2.75) is 6.54 Å². The van der Waals surface area contributed by atoms with Gasteiger partial charge in [-0.1, -0.05) is 6.07 Å². The zero-order valence-corrected chi connectivity index (χ0v) is 15.4. The van der Waals surface area contributed by atoms with Crippen LogP contribution in [0.15, 0.2) is 36.5 Å². The number of nitrogens with two attached hydrogens (primary N) is 1. The topological polar surface area (TPSA) is 89.9 Å². The summed E-state index contributed by atoms with van der Waals surface area (Å²) < 4.78 is 0. The Morgan fingerprint density at radius 3 is 2.78 bits per heavy atom. The molecule has 27 heavy (non-hydrogen) atoms. The molecule has 0 spiro atoms. The highest BCUT2D eigenvalue weighted by molar-refractivity contribution is 5.98. The Balaban J connectivity index is 1.51. The predicted molar refractivity (Wildman–Crippen MR) is 108 cm³/mol. The van der Waals surface area contributed by atoms with Gasteiger partial charge in [0, 0.05) is 55.4 Å². The van der Waals surface area contributed by atoms with Crippen LogP contribution in [0, 0.1) is 0 Å². The van der Waals surface area contributed by atoms with Crippen LogP contribution in [-0.4, -0.2) is 63.2 Å². The molecule has 138 valence electrons. The summed E-state index contributed by atoms with van der Waals surface area (Å²) >= 11 is 0. The number of piperazine rings is 1. The van der Waals surface area contributed by atoms with Crippen LogP contribution in [0.2, 0.25) is 0 Å². The smallest absolute Gasteiger partial charge is 0.153 e. The standard InChI is InChI=1S/C20H23N7/c1-26-6-8-27(9-7-26)12-14-11-16-15(4-5-22-20(16)23-14)13-2-3-18-17(10-13)19(21)25-24-18/h2-5,10-11H,6-9,12H2,1H3,(H,22,23)(H3,21,24,25). The number of nitrogens with zero attached hydrogens (tertiary/aromatic N) is 4. The molecule has 1 aromatic carbocycles. The van der Waals surface area contributed by atoms with E-state index in [9.17, 15) is 0 Å². The Morgan fingerprint density at radius 1 is 1.07 bits per heavy atom. The molecule has 4 aromatic rings. The maximum absolute atomic E-state index is 5.98. The molecule has 7 nitrogen and oxygen atoms in total. The van der Waals surface area contributed by atoms with Gasteiger partial charge in [0.05, 0.1) is 5.52 Å². The van der Waals surface area contributed by atoms with E-state index in [1.807, 2.05) is 12.3 Å². The third kappa shape index (κ3) is 2.94. The molecule has 0 aliphatic carbocycles. The summed E-state index contributed by atoms with van der Waals surface area (Å²) in [7, 11) is 2.18. The Labute approximate surface area is 157 Å². The van der Waals surface area contributed by atoms with Crippen molar-refractivity contribution >= 4 is 27.8 Å². The van der Waals surface area contributed by atoms with Crippen molar-refractivity contribution in [3.63, 3.8) is 0 Å². The van der Waals surface area contributed by atoms with E-state index in [-0.39, 0.29) is 0 Å². The van der Waals surface area contributed by atoms with E-state index in [0.717, 1.165) is 65.8 Å². The zero-order chi connectivity index (χ0) is 18.4. The largest absolute Gasteiger partial charge is 0.382 e. The number of hydrogen-bond acceptors (Lipinski definition) is 5. The number of nitrogens with one attached hydrogen (secondary N) is 2. The number of aromatic nitrogens is 4. The molecule has 0 radical (unpaired) electrons. The van der Waals surface area contributed by atoms with Crippen LogP contribution >= 0.6 is 0 Å². The summed E-state index contributed by atoms with van der Waals surface area (Å²) in [5.41, 5.74) is 11.3. The van der Waals surface area contributed by atoms with Gasteiger partial charge in [-0.3, -0.25) is 10.00 Å². The number of aromatic amines is 2. The van der Waals surface area contributed by atoms with Crippen molar-refractivity contribution in [3.8, 4) is 11.1 Å². The van der Waals surface area contributed by atoms with Crippen LogP contribution in [-0.2, 0) is 6.54 Å². The first-order chi connectivity index (χ1) is 13.2. The lowest BCUT2D eigenvalue weighted by Crippen LogP contribution is -2.43. The van der Waals surface area contributed by atoms with Gasteiger partial charge >= 0.3 is 0 Å². The molecule has 1 fully saturated rings. The molecule has 1 aliphatic rings. The molecule has 0 unspecified atom stereocenters. The monoisotopic (exact) mass is 361 g/mol. The zero-order valence-electron chi connectivity index (χ0n) is 15.4. The Bertz CT molecular complexity index is 1100. The summed E-state index contributed by atoms with van der Waals surface area (Å²) in [6.07, 6.45) is 1.86. The summed E-state index contributed by atoms with van der Waals surface area (Å²) in [6.45, 7) is 5.37. The van der Waals surface area contributed by atoms with E-state index < -0.39 is 0 Å². The number of rotatable bonds is 3. The summed E-state index contributed by atoms with van der Waals surface area (Å²) in [5.74, 6) is 0.530. The highest BCUT2D eigenvalue weighted by atomic mass is 15.2. The van der Waals surface area contributed by atoms with Gasteiger partial charge in [-0.25, -0.2) is 4.98 Å². The molecule has 0 saturated carbocycles. The fourth-order valence-corrected chi connectivity index (χ4v) is 3.87. The Kier molecular flexibility index (Phi) is 3.84. The van der Waals surface area contributed by atoms with Crippen LogP contribution in [0.1, 0.15) is 5.69 Å². The number of H-pyrrole nitrogens is 2. The van der Waals surface area contributed by atoms with Crippen LogP contribution in [0.5, 0.6) is 0 Å². The minimum Gasteiger partial charge on any atom is -0.382 e. The number of benzene rings is 1. The van der Waals surface area contributed by atoms with Crippen molar-refractivity contribution in [3.05, 3.63) is 42.2 Å². The molecular formula is C20H23N7. The van der Waals surface area contributed by atoms with Crippen LogP contribution in [0.4, 0.5) is 5.82 Å². The fourth-order valence-electron chi connectivity index (χ4n) is 3.87. The number of fused-ring (bicyclic) bond motifs is 2. The predicted octanol–water partition coefficient (Wildman–Crippen LogP) is 2.44. The highest BCUT2D eigenvalue weighted by Crippen LogP contribution is 2.31. The maximum Gasteiger partial charge on any atom is 0.153 e. The first-order valence-corrected chi connectivity index (χ1v) is 9.29. The van der Waals surface area contributed by atoms with Crippen molar-refractivity contribution in [1.82, 2.24) is 30.0 Å². The molecule has 0 atom stereocenters. The Morgan fingerprint density at radius 2 is 1.93 bits per heavy atom. The summed E-state index contributed by atoms with van der Waals surface area (Å²) in [5, 5.41) is 9.14. The quantitative estimate of drug-likeness (QED) is 0.521. The lowest BCUT2D eigenvalue weighted by atomic mass is 10.0. The highest BCUT2D eigenvalue weighted by Gasteiger charge is 2.16. The molecule has 1 aliphatic heterocycles. The number of pyridine rings is 1. The lowest BCUT2D eigenvalue weighted by Gasteiger charge is -2.31. The van der Waals surface area contributed by atoms with Crippen LogP contribution in [0.3, 0.4) is 0 Å². The molecule has 0 bridgehead atoms. The number of anilines is 1. The van der Waals surface area contributed by atoms with E-state index in [1.165, 1.54) is 5.69 Å². The molecule has 1 saturated heterocycles. The van der Waals surface area contributed by atoms with E-state index in [0.29, 0.717) is 5.82 Å². The molecule has 7 heteroatoms. The normalized spacial score (nSPS) is 16.5. The van der Waals surface area contributed by atoms with Gasteiger partial charge in [0.2, 0.25) is 0 Å². The van der Waals surface area contributed by atoms with Gasteiger partial charge in [-0.2, -0.15) is 5.10 Å². The van der Waals surface area contributed by atoms with Gasteiger partial charge < -0.3 is 15.6 Å². The SMILES string of the molecule is CN1CCN(Cc2cc3c(-c4ccc5[nH]nc(N)c5c4)ccnc3[nH]2)CC1. The van der Waals surface area contributed by atoms with Crippen molar-refractivity contribution in [2.24, 2.45) is 0 Å². The maximum atomic E-state index is 5.98. The van der Waals surface area contributed by atoms with E-state index in [2.05, 4.69) is 61.3 Å². The Hall–Kier alpha value is -2.90. The first kappa shape index (κ1) is 16.3. The van der Waals surface area contributed by atoms with Crippen LogP contribution < -0.4 is 5.73 Å². The van der Waals surface area contributed by atoms with Crippen molar-refractivity contribution in [1.29, 1.82) is 0 Å². The van der Waals surface area contributed by atoms with E-state index in [4.69, 9.17) is 5.73 Å². The van der Waals surface area contributed by atoms with Gasteiger partial charge in [0.25, 0.3) is 0 Å². The van der Waals surface area contributed by atoms with Gasteiger partial charge in [0.1, 0.15) is 5.65 Å². The minimum atomic E-state index is 0.530. The number of likely N-dealkylation sites (N-methyl/N-ethyl adjacent to an activating group) is 1. The summed E-state index contributed by atoms with van der Waals surface area (Å²) in [4.78, 5) is 12.9. The number of nitrogen functional groups attached to an aromatic ring is 1. The second kappa shape index (κ2) is 6.37. The molecular weight excluding hydrogens is 338 g/mol. The average molecular weight is 361 g/mol. The van der Waals surface area contributed by atoms with Crippen molar-refractivity contribution in [2.75, 3.05) is 39.0 Å². The van der Waals surface area contributed by atoms with Crippen LogP contribution in [0.25, 0.3) is 33.1 Å². The van der Waals surface area contributed by atoms with Gasteiger partial charge in [-0.05, 0) is 42.4 Å². The second-order valence-corrected chi connectivity index (χ2v) is 7.36. The average Bonchev–Trinajstić information content (AvgIpc) is 3.26. The van der Waals surface area contributed by atoms with E-state index >= 15 is 0 Å². The first-order valence-electron chi connectivity index (χ1n) is 9.29. The number of hydrogen-bond donors (Lipinski definition) is 3. The van der Waals surface area contributed by atoms with Gasteiger partial charge in [-0.15, -0.1) is 0 Å². The van der Waals surface area contributed by atoms with Crippen molar-refractivity contribution < 1.29 is 0 Å². The molecule has 0 amide bonds. The fraction of sp³-hybridized carbons (Fsp3) is 0.300. The summed E-state index contributed by atoms with van der Waals surface area (Å²) in [6, 6.07) is 10.5. The third-order valence-corrected chi connectivity index (χ3v) is 5.48. The van der Waals surface area contributed by atoms with E-state index in [1.54, 1.807) is 0 Å². The van der Waals surface area contributed by atoms with Gasteiger partial charge in [0.15, 0.2) is 5.82 Å². The second-order valence-electron chi connectivity index (χ2n) is 7.36. The molecule has 5 rings (SSSR count). The third-order valence-electron chi connectivity index (χ3n) is 5.48. The minimum absolute atomic E-state index is 0.530. The lowest BCUT2D eigenvalue weighted by molar-refractivity contribution is 0.147.